The van der Waals surface area contributed by atoms with E-state index < -0.39 is 24.5 Å². The summed E-state index contributed by atoms with van der Waals surface area (Å²) in [6.07, 6.45) is 2.91. The number of amides is 3. The zero-order valence-electron chi connectivity index (χ0n) is 16.0. The molecular formula is C21H24N2O5. The van der Waals surface area contributed by atoms with Crippen molar-refractivity contribution in [3.63, 3.8) is 0 Å². The molecule has 7 heteroatoms. The molecule has 7 nitrogen and oxygen atoms in total. The molecule has 3 fully saturated rings. The highest BCUT2D eigenvalue weighted by Crippen LogP contribution is 2.56. The van der Waals surface area contributed by atoms with E-state index in [4.69, 9.17) is 4.74 Å². The summed E-state index contributed by atoms with van der Waals surface area (Å²) in [5, 5.41) is 2.65. The van der Waals surface area contributed by atoms with Crippen LogP contribution in [0.4, 0.5) is 5.69 Å². The predicted molar refractivity (Wildman–Crippen MR) is 99.9 cm³/mol. The van der Waals surface area contributed by atoms with Gasteiger partial charge in [0.15, 0.2) is 6.61 Å². The lowest BCUT2D eigenvalue weighted by Gasteiger charge is -2.23. The number of ether oxygens (including phenoxy) is 1. The maximum atomic E-state index is 12.8. The lowest BCUT2D eigenvalue weighted by Crippen LogP contribution is -2.45. The minimum Gasteiger partial charge on any atom is -0.454 e. The van der Waals surface area contributed by atoms with Crippen LogP contribution < -0.4 is 5.32 Å². The van der Waals surface area contributed by atoms with Gasteiger partial charge in [0, 0.05) is 5.69 Å². The summed E-state index contributed by atoms with van der Waals surface area (Å²) in [7, 11) is 0. The van der Waals surface area contributed by atoms with E-state index in [1.807, 2.05) is 19.1 Å². The Morgan fingerprint density at radius 2 is 1.82 bits per heavy atom. The molecule has 148 valence electrons. The van der Waals surface area contributed by atoms with Crippen molar-refractivity contribution in [2.45, 2.75) is 39.2 Å². The van der Waals surface area contributed by atoms with Crippen molar-refractivity contribution in [1.29, 1.82) is 0 Å². The molecule has 1 N–H and O–H groups in total. The summed E-state index contributed by atoms with van der Waals surface area (Å²) in [6.45, 7) is 2.92. The monoisotopic (exact) mass is 384 g/mol. The van der Waals surface area contributed by atoms with Crippen LogP contribution in [0, 0.1) is 30.6 Å². The first-order chi connectivity index (χ1) is 13.4. The maximum Gasteiger partial charge on any atom is 0.329 e. The molecule has 1 saturated heterocycles. The normalized spacial score (nSPS) is 29.0. The first-order valence-electron chi connectivity index (χ1n) is 9.77. The molecule has 5 atom stereocenters. The summed E-state index contributed by atoms with van der Waals surface area (Å²) in [6, 6.07) is 6.24. The number of esters is 1. The number of carbonyl (C=O) groups excluding carboxylic acids is 4. The number of hydrogen-bond acceptors (Lipinski definition) is 5. The Bertz CT molecular complexity index is 823. The van der Waals surface area contributed by atoms with Gasteiger partial charge in [0.25, 0.3) is 5.91 Å². The van der Waals surface area contributed by atoms with Crippen LogP contribution in [0.1, 0.15) is 31.7 Å². The average molecular weight is 384 g/mol. The molecule has 2 aliphatic carbocycles. The highest BCUT2D eigenvalue weighted by atomic mass is 16.5. The number of nitrogens with one attached hydrogen (secondary N) is 1. The van der Waals surface area contributed by atoms with E-state index in [2.05, 4.69) is 5.32 Å². The van der Waals surface area contributed by atoms with Crippen molar-refractivity contribution in [2.75, 3.05) is 11.9 Å². The van der Waals surface area contributed by atoms with Crippen molar-refractivity contribution < 1.29 is 23.9 Å². The zero-order valence-corrected chi connectivity index (χ0v) is 16.0. The summed E-state index contributed by atoms with van der Waals surface area (Å²) < 4.78 is 5.07. The fraction of sp³-hybridized carbons (Fsp3) is 0.524. The fourth-order valence-corrected chi connectivity index (χ4v) is 5.10. The molecule has 4 rings (SSSR count). The molecule has 2 bridgehead atoms. The summed E-state index contributed by atoms with van der Waals surface area (Å²) in [4.78, 5) is 51.0. The van der Waals surface area contributed by atoms with Crippen LogP contribution in [-0.4, -0.2) is 41.2 Å². The summed E-state index contributed by atoms with van der Waals surface area (Å²) >= 11 is 0. The van der Waals surface area contributed by atoms with Gasteiger partial charge in [-0.25, -0.2) is 4.79 Å². The molecule has 1 aromatic rings. The Morgan fingerprint density at radius 3 is 2.43 bits per heavy atom. The van der Waals surface area contributed by atoms with E-state index in [1.54, 1.807) is 12.1 Å². The molecule has 0 radical (unpaired) electrons. The number of imide groups is 1. The summed E-state index contributed by atoms with van der Waals surface area (Å²) in [5.41, 5.74) is 1.61. The van der Waals surface area contributed by atoms with Crippen LogP contribution in [0.25, 0.3) is 0 Å². The van der Waals surface area contributed by atoms with E-state index in [-0.39, 0.29) is 35.5 Å². The Kier molecular flexibility index (Phi) is 4.69. The van der Waals surface area contributed by atoms with Crippen molar-refractivity contribution in [2.24, 2.45) is 23.7 Å². The molecule has 0 aromatic heterocycles. The van der Waals surface area contributed by atoms with Crippen molar-refractivity contribution in [1.82, 2.24) is 4.90 Å². The lowest BCUT2D eigenvalue weighted by molar-refractivity contribution is -0.159. The topological polar surface area (TPSA) is 92.8 Å². The van der Waals surface area contributed by atoms with E-state index >= 15 is 0 Å². The number of fused-ring (bicyclic) bond motifs is 5. The largest absolute Gasteiger partial charge is 0.454 e. The Morgan fingerprint density at radius 1 is 1.18 bits per heavy atom. The van der Waals surface area contributed by atoms with E-state index in [9.17, 15) is 19.2 Å². The van der Waals surface area contributed by atoms with Crippen LogP contribution in [0.15, 0.2) is 24.3 Å². The van der Waals surface area contributed by atoms with Gasteiger partial charge in [0.2, 0.25) is 11.8 Å². The quantitative estimate of drug-likeness (QED) is 0.618. The third-order valence-electron chi connectivity index (χ3n) is 6.34. The number of rotatable bonds is 5. The molecule has 1 heterocycles. The molecule has 2 saturated carbocycles. The Hall–Kier alpha value is -2.70. The van der Waals surface area contributed by atoms with Crippen LogP contribution in [-0.2, 0) is 23.9 Å². The highest BCUT2D eigenvalue weighted by molar-refractivity contribution is 6.08. The third kappa shape index (κ3) is 3.08. The number of nitrogens with zero attached hydrogens (tertiary/aromatic N) is 1. The lowest BCUT2D eigenvalue weighted by atomic mass is 9.81. The van der Waals surface area contributed by atoms with E-state index in [1.165, 1.54) is 6.92 Å². The predicted octanol–water partition coefficient (Wildman–Crippen LogP) is 1.90. The Balaban J connectivity index is 1.34. The second-order valence-electron chi connectivity index (χ2n) is 8.13. The number of hydrogen-bond donors (Lipinski definition) is 1. The Labute approximate surface area is 163 Å². The standard InChI is InChI=1S/C21H24N2O5/c1-11-4-3-5-15(8-11)22-16(24)10-28-21(27)12(2)23-19(25)17-13-6-7-14(9-13)18(17)20(23)26/h3-5,8,12-14,17-18H,6-7,9-10H2,1-2H3,(H,22,24)/t12-,13+,14+,17-,18+/m1/s1. The number of benzene rings is 1. The van der Waals surface area contributed by atoms with Gasteiger partial charge in [-0.2, -0.15) is 0 Å². The van der Waals surface area contributed by atoms with Crippen molar-refractivity contribution >= 4 is 29.4 Å². The first kappa shape index (κ1) is 18.7. The number of anilines is 1. The minimum absolute atomic E-state index is 0.254. The molecule has 1 aliphatic heterocycles. The van der Waals surface area contributed by atoms with E-state index in [0.717, 1.165) is 29.7 Å². The van der Waals surface area contributed by atoms with Gasteiger partial charge in [-0.3, -0.25) is 19.3 Å². The maximum absolute atomic E-state index is 12.8. The van der Waals surface area contributed by atoms with Crippen LogP contribution >= 0.6 is 0 Å². The van der Waals surface area contributed by atoms with Crippen LogP contribution in [0.5, 0.6) is 0 Å². The molecule has 0 unspecified atom stereocenters. The van der Waals surface area contributed by atoms with Crippen molar-refractivity contribution in [3.05, 3.63) is 29.8 Å². The number of likely N-dealkylation sites (tertiary alicyclic amines) is 1. The van der Waals surface area contributed by atoms with Gasteiger partial charge in [0.1, 0.15) is 6.04 Å². The zero-order chi connectivity index (χ0) is 20.0. The van der Waals surface area contributed by atoms with Gasteiger partial charge in [-0.1, -0.05) is 12.1 Å². The van der Waals surface area contributed by atoms with Gasteiger partial charge in [0.05, 0.1) is 11.8 Å². The van der Waals surface area contributed by atoms with Crippen LogP contribution in [0.2, 0.25) is 0 Å². The third-order valence-corrected chi connectivity index (χ3v) is 6.34. The average Bonchev–Trinajstić information content (AvgIpc) is 3.33. The molecular weight excluding hydrogens is 360 g/mol. The smallest absolute Gasteiger partial charge is 0.329 e. The van der Waals surface area contributed by atoms with Gasteiger partial charge >= 0.3 is 5.97 Å². The second-order valence-corrected chi connectivity index (χ2v) is 8.13. The number of carbonyl (C=O) groups is 4. The van der Waals surface area contributed by atoms with Crippen molar-refractivity contribution in [3.8, 4) is 0 Å². The molecule has 1 aromatic carbocycles. The highest BCUT2D eigenvalue weighted by Gasteiger charge is 2.62. The minimum atomic E-state index is -1.02. The molecule has 28 heavy (non-hydrogen) atoms. The van der Waals surface area contributed by atoms with Gasteiger partial charge < -0.3 is 10.1 Å². The second kappa shape index (κ2) is 7.04. The van der Waals surface area contributed by atoms with Crippen LogP contribution in [0.3, 0.4) is 0 Å². The van der Waals surface area contributed by atoms with Gasteiger partial charge in [-0.05, 0) is 62.6 Å². The molecule has 0 spiro atoms. The first-order valence-corrected chi connectivity index (χ1v) is 9.77. The molecule has 3 aliphatic rings. The molecule has 3 amide bonds. The number of aryl methyl sites for hydroxylation is 1. The summed E-state index contributed by atoms with van der Waals surface area (Å²) in [5.74, 6) is -1.74. The SMILES string of the molecule is Cc1cccc(NC(=O)COC(=O)[C@@H](C)N2C(=O)[C@@H]3[C@H]4CC[C@@H](C4)[C@@H]3C2=O)c1. The fourth-order valence-electron chi connectivity index (χ4n) is 5.10. The van der Waals surface area contributed by atoms with E-state index in [0.29, 0.717) is 5.69 Å². The van der Waals surface area contributed by atoms with Gasteiger partial charge in [-0.15, -0.1) is 0 Å².